The predicted molar refractivity (Wildman–Crippen MR) is 84.5 cm³/mol. The molecule has 0 unspecified atom stereocenters. The van der Waals surface area contributed by atoms with Gasteiger partial charge >= 0.3 is 0 Å². The molecule has 4 rings (SSSR count). The number of rotatable bonds is 1. The molecule has 1 aliphatic rings. The molecule has 0 spiro atoms. The van der Waals surface area contributed by atoms with Crippen molar-refractivity contribution < 1.29 is 4.79 Å². The third-order valence-electron chi connectivity index (χ3n) is 3.98. The molecule has 5 nitrogen and oxygen atoms in total. The molecular formula is C17H13N3O2. The molecule has 1 amide bonds. The van der Waals surface area contributed by atoms with Crippen LogP contribution < -0.4 is 10.5 Å². The Hall–Kier alpha value is -2.95. The van der Waals surface area contributed by atoms with Gasteiger partial charge in [-0.05, 0) is 24.3 Å². The summed E-state index contributed by atoms with van der Waals surface area (Å²) >= 11 is 0. The fourth-order valence-electron chi connectivity index (χ4n) is 2.94. The molecule has 0 saturated heterocycles. The summed E-state index contributed by atoms with van der Waals surface area (Å²) in [7, 11) is 0. The number of aromatic nitrogens is 2. The Morgan fingerprint density at radius 2 is 1.73 bits per heavy atom. The maximum absolute atomic E-state index is 12.9. The number of benzene rings is 2. The summed E-state index contributed by atoms with van der Waals surface area (Å²) in [5.74, 6) is 0.681. The molecule has 2 heterocycles. The maximum atomic E-state index is 12.9. The van der Waals surface area contributed by atoms with Crippen LogP contribution in [0, 0.1) is 0 Å². The van der Waals surface area contributed by atoms with Crippen molar-refractivity contribution >= 4 is 23.0 Å². The van der Waals surface area contributed by atoms with Gasteiger partial charge in [-0.2, -0.15) is 0 Å². The van der Waals surface area contributed by atoms with E-state index in [4.69, 9.17) is 0 Å². The van der Waals surface area contributed by atoms with Gasteiger partial charge in [0.1, 0.15) is 5.82 Å². The second-order valence-corrected chi connectivity index (χ2v) is 5.22. The van der Waals surface area contributed by atoms with Crippen LogP contribution in [-0.4, -0.2) is 22.5 Å². The first-order chi connectivity index (χ1) is 10.8. The van der Waals surface area contributed by atoms with Crippen LogP contribution in [-0.2, 0) is 11.2 Å². The minimum atomic E-state index is -0.0965. The van der Waals surface area contributed by atoms with E-state index in [1.165, 1.54) is 0 Å². The Bertz CT molecular complexity index is 946. The Labute approximate surface area is 126 Å². The Kier molecular flexibility index (Phi) is 2.79. The lowest BCUT2D eigenvalue weighted by Gasteiger charge is -2.17. The van der Waals surface area contributed by atoms with Gasteiger partial charge in [-0.1, -0.05) is 24.3 Å². The third kappa shape index (κ3) is 1.75. The summed E-state index contributed by atoms with van der Waals surface area (Å²) in [5, 5.41) is 0.584. The highest BCUT2D eigenvalue weighted by Crippen LogP contribution is 2.27. The first kappa shape index (κ1) is 12.8. The average Bonchev–Trinajstić information content (AvgIpc) is 2.72. The largest absolute Gasteiger partial charge is 0.313 e. The van der Waals surface area contributed by atoms with Crippen LogP contribution in [0.1, 0.15) is 5.82 Å². The summed E-state index contributed by atoms with van der Waals surface area (Å²) in [6, 6.07) is 14.7. The summed E-state index contributed by atoms with van der Waals surface area (Å²) in [6.07, 6.45) is 1.34. The van der Waals surface area contributed by atoms with Crippen molar-refractivity contribution in [1.29, 1.82) is 0 Å². The van der Waals surface area contributed by atoms with E-state index < -0.39 is 0 Å². The van der Waals surface area contributed by atoms with Crippen LogP contribution in [0.15, 0.2) is 53.3 Å². The molecule has 5 heteroatoms. The van der Waals surface area contributed by atoms with Crippen molar-refractivity contribution in [3.05, 3.63) is 64.7 Å². The fourth-order valence-corrected chi connectivity index (χ4v) is 2.94. The Morgan fingerprint density at radius 3 is 2.55 bits per heavy atom. The number of hydrogen-bond acceptors (Lipinski definition) is 3. The van der Waals surface area contributed by atoms with E-state index in [9.17, 15) is 9.59 Å². The molecule has 0 fully saturated rings. The number of carbonyl (C=O) groups excluding carboxylic acids is 1. The number of nitrogens with zero attached hydrogens (tertiary/aromatic N) is 3. The van der Waals surface area contributed by atoms with Crippen LogP contribution in [0.25, 0.3) is 16.6 Å². The molecule has 0 N–H and O–H groups in total. The quantitative estimate of drug-likeness (QED) is 0.643. The van der Waals surface area contributed by atoms with Gasteiger partial charge in [-0.15, -0.1) is 0 Å². The SMILES string of the molecule is O=CN1CCc2nc3ccccc3c(=O)n2-c2ccccc21. The second kappa shape index (κ2) is 4.80. The van der Waals surface area contributed by atoms with E-state index in [0.717, 1.165) is 12.1 Å². The van der Waals surface area contributed by atoms with Crippen molar-refractivity contribution in [2.75, 3.05) is 11.4 Å². The number of para-hydroxylation sites is 3. The minimum Gasteiger partial charge on any atom is -0.313 e. The average molecular weight is 291 g/mol. The van der Waals surface area contributed by atoms with Crippen molar-refractivity contribution in [1.82, 2.24) is 9.55 Å². The summed E-state index contributed by atoms with van der Waals surface area (Å²) < 4.78 is 1.63. The topological polar surface area (TPSA) is 55.2 Å². The number of fused-ring (bicyclic) bond motifs is 4. The van der Waals surface area contributed by atoms with E-state index in [0.29, 0.717) is 35.4 Å². The second-order valence-electron chi connectivity index (χ2n) is 5.22. The third-order valence-corrected chi connectivity index (χ3v) is 3.98. The molecular weight excluding hydrogens is 278 g/mol. The molecule has 0 saturated carbocycles. The number of carbonyl (C=O) groups is 1. The normalized spacial score (nSPS) is 13.4. The molecule has 0 aliphatic carbocycles. The van der Waals surface area contributed by atoms with Crippen LogP contribution in [0.2, 0.25) is 0 Å². The smallest absolute Gasteiger partial charge is 0.266 e. The first-order valence-electron chi connectivity index (χ1n) is 7.11. The zero-order chi connectivity index (χ0) is 15.1. The number of anilines is 1. The molecule has 22 heavy (non-hydrogen) atoms. The zero-order valence-corrected chi connectivity index (χ0v) is 11.8. The van der Waals surface area contributed by atoms with Gasteiger partial charge in [0.25, 0.3) is 5.56 Å². The predicted octanol–water partition coefficient (Wildman–Crippen LogP) is 1.90. The lowest BCUT2D eigenvalue weighted by molar-refractivity contribution is -0.107. The minimum absolute atomic E-state index is 0.0965. The van der Waals surface area contributed by atoms with Crippen molar-refractivity contribution in [3.63, 3.8) is 0 Å². The Balaban J connectivity index is 2.12. The van der Waals surface area contributed by atoms with Gasteiger partial charge in [0.2, 0.25) is 6.41 Å². The van der Waals surface area contributed by atoms with Crippen LogP contribution in [0.5, 0.6) is 0 Å². The molecule has 0 bridgehead atoms. The molecule has 108 valence electrons. The summed E-state index contributed by atoms with van der Waals surface area (Å²) in [6.45, 7) is 0.505. The van der Waals surface area contributed by atoms with Crippen LogP contribution in [0.4, 0.5) is 5.69 Å². The Morgan fingerprint density at radius 1 is 1.00 bits per heavy atom. The lowest BCUT2D eigenvalue weighted by atomic mass is 10.2. The highest BCUT2D eigenvalue weighted by Gasteiger charge is 2.21. The van der Waals surface area contributed by atoms with Crippen LogP contribution >= 0.6 is 0 Å². The summed E-state index contributed by atoms with van der Waals surface area (Å²) in [4.78, 5) is 30.5. The summed E-state index contributed by atoms with van der Waals surface area (Å²) in [5.41, 5.74) is 2.03. The van der Waals surface area contributed by atoms with Crippen molar-refractivity contribution in [2.45, 2.75) is 6.42 Å². The van der Waals surface area contributed by atoms with Gasteiger partial charge in [0.05, 0.1) is 22.3 Å². The highest BCUT2D eigenvalue weighted by atomic mass is 16.1. The molecule has 2 aromatic carbocycles. The van der Waals surface area contributed by atoms with Gasteiger partial charge in [0, 0.05) is 13.0 Å². The van der Waals surface area contributed by atoms with Gasteiger partial charge < -0.3 is 4.90 Å². The molecule has 1 aliphatic heterocycles. The van der Waals surface area contributed by atoms with E-state index in [1.54, 1.807) is 15.5 Å². The van der Waals surface area contributed by atoms with E-state index >= 15 is 0 Å². The highest BCUT2D eigenvalue weighted by molar-refractivity contribution is 5.83. The van der Waals surface area contributed by atoms with Gasteiger partial charge in [0.15, 0.2) is 0 Å². The van der Waals surface area contributed by atoms with E-state index in [1.807, 2.05) is 42.5 Å². The van der Waals surface area contributed by atoms with Crippen molar-refractivity contribution in [3.8, 4) is 5.69 Å². The monoisotopic (exact) mass is 291 g/mol. The number of hydrogen-bond donors (Lipinski definition) is 0. The van der Waals surface area contributed by atoms with Crippen LogP contribution in [0.3, 0.4) is 0 Å². The lowest BCUT2D eigenvalue weighted by Crippen LogP contribution is -2.23. The fraction of sp³-hybridized carbons (Fsp3) is 0.118. The molecule has 1 aromatic heterocycles. The van der Waals surface area contributed by atoms with Gasteiger partial charge in [-0.3, -0.25) is 14.2 Å². The number of amides is 1. The van der Waals surface area contributed by atoms with Gasteiger partial charge in [-0.25, -0.2) is 4.98 Å². The standard InChI is InChI=1S/C17H13N3O2/c21-11-19-10-9-16-18-13-6-2-1-5-12(13)17(22)20(16)15-8-4-3-7-14(15)19/h1-8,11H,9-10H2. The molecule has 0 atom stereocenters. The molecule has 0 radical (unpaired) electrons. The van der Waals surface area contributed by atoms with E-state index in [-0.39, 0.29) is 5.56 Å². The maximum Gasteiger partial charge on any atom is 0.266 e. The van der Waals surface area contributed by atoms with E-state index in [2.05, 4.69) is 4.98 Å². The zero-order valence-electron chi connectivity index (χ0n) is 11.8. The molecule has 3 aromatic rings. The van der Waals surface area contributed by atoms with Crippen molar-refractivity contribution in [2.24, 2.45) is 0 Å². The first-order valence-corrected chi connectivity index (χ1v) is 7.11.